The summed E-state index contributed by atoms with van der Waals surface area (Å²) in [5.41, 5.74) is 4.11. The first-order chi connectivity index (χ1) is 6.53. The molecule has 78 valence electrons. The van der Waals surface area contributed by atoms with E-state index in [1.54, 1.807) is 6.92 Å². The second kappa shape index (κ2) is 3.81. The minimum atomic E-state index is -1.27. The van der Waals surface area contributed by atoms with E-state index in [1.807, 2.05) is 0 Å². The van der Waals surface area contributed by atoms with Gasteiger partial charge < -0.3 is 20.4 Å². The first-order valence-electron chi connectivity index (χ1n) is 4.29. The Labute approximate surface area is 81.1 Å². The van der Waals surface area contributed by atoms with Crippen molar-refractivity contribution in [3.63, 3.8) is 0 Å². The third-order valence-corrected chi connectivity index (χ3v) is 2.20. The van der Waals surface area contributed by atoms with Crippen molar-refractivity contribution in [2.24, 2.45) is 5.73 Å². The molecule has 1 rings (SSSR count). The molecule has 0 aliphatic heterocycles. The minimum Gasteiger partial charge on any atom is -0.475 e. The van der Waals surface area contributed by atoms with E-state index in [2.05, 4.69) is 0 Å². The third-order valence-electron chi connectivity index (χ3n) is 2.20. The number of carboxylic acid groups (broad SMARTS) is 1. The van der Waals surface area contributed by atoms with Gasteiger partial charge in [-0.25, -0.2) is 4.79 Å². The number of hydrogen-bond acceptors (Lipinski definition) is 4. The van der Waals surface area contributed by atoms with Crippen molar-refractivity contribution < 1.29 is 19.4 Å². The molecule has 0 amide bonds. The van der Waals surface area contributed by atoms with Crippen LogP contribution in [0.25, 0.3) is 0 Å². The second-order valence-corrected chi connectivity index (χ2v) is 3.06. The minimum absolute atomic E-state index is 0.00390. The third kappa shape index (κ3) is 1.78. The van der Waals surface area contributed by atoms with Gasteiger partial charge in [0.05, 0.1) is 0 Å². The molecule has 0 aliphatic rings. The highest BCUT2D eigenvalue weighted by molar-refractivity contribution is 5.84. The van der Waals surface area contributed by atoms with Crippen molar-refractivity contribution >= 4 is 5.97 Å². The molecule has 1 atom stereocenters. The molecule has 1 aromatic heterocycles. The zero-order valence-electron chi connectivity index (χ0n) is 7.86. The van der Waals surface area contributed by atoms with E-state index in [0.29, 0.717) is 6.42 Å². The van der Waals surface area contributed by atoms with Gasteiger partial charge in [0.15, 0.2) is 0 Å². The summed E-state index contributed by atoms with van der Waals surface area (Å²) >= 11 is 0. The van der Waals surface area contributed by atoms with Gasteiger partial charge in [-0.2, -0.15) is 0 Å². The summed E-state index contributed by atoms with van der Waals surface area (Å²) < 4.78 is 4.96. The Kier molecular flexibility index (Phi) is 2.93. The van der Waals surface area contributed by atoms with Crippen LogP contribution in [0.4, 0.5) is 0 Å². The molecule has 5 heteroatoms. The SMILES string of the molecule is CCC(O)(CN)c1ccc(C(=O)O)o1. The number of carboxylic acids is 1. The largest absolute Gasteiger partial charge is 0.475 e. The molecular formula is C9H13NO4. The van der Waals surface area contributed by atoms with Gasteiger partial charge in [-0.15, -0.1) is 0 Å². The molecule has 0 bridgehead atoms. The average molecular weight is 199 g/mol. The monoisotopic (exact) mass is 199 g/mol. The molecular weight excluding hydrogens is 186 g/mol. The van der Waals surface area contributed by atoms with Crippen LogP contribution in [0.2, 0.25) is 0 Å². The van der Waals surface area contributed by atoms with E-state index in [-0.39, 0.29) is 18.1 Å². The maximum atomic E-state index is 10.5. The Morgan fingerprint density at radius 2 is 2.29 bits per heavy atom. The summed E-state index contributed by atoms with van der Waals surface area (Å²) in [6, 6.07) is 2.73. The molecule has 0 spiro atoms. The maximum absolute atomic E-state index is 10.5. The summed E-state index contributed by atoms with van der Waals surface area (Å²) in [7, 11) is 0. The fourth-order valence-corrected chi connectivity index (χ4v) is 1.12. The van der Waals surface area contributed by atoms with Crippen molar-refractivity contribution in [3.05, 3.63) is 23.7 Å². The van der Waals surface area contributed by atoms with E-state index in [4.69, 9.17) is 15.3 Å². The normalized spacial score (nSPS) is 15.1. The summed E-state index contributed by atoms with van der Waals surface area (Å²) in [6.45, 7) is 1.74. The Balaban J connectivity index is 3.01. The van der Waals surface area contributed by atoms with Crippen LogP contribution in [0.1, 0.15) is 29.7 Å². The van der Waals surface area contributed by atoms with Gasteiger partial charge in [0.25, 0.3) is 0 Å². The van der Waals surface area contributed by atoms with E-state index < -0.39 is 11.6 Å². The first kappa shape index (κ1) is 10.7. The van der Waals surface area contributed by atoms with Gasteiger partial charge >= 0.3 is 5.97 Å². The number of aliphatic hydroxyl groups is 1. The quantitative estimate of drug-likeness (QED) is 0.657. The zero-order valence-corrected chi connectivity index (χ0v) is 7.86. The molecule has 14 heavy (non-hydrogen) atoms. The zero-order chi connectivity index (χ0) is 10.8. The number of furan rings is 1. The average Bonchev–Trinajstić information content (AvgIpc) is 2.66. The molecule has 0 radical (unpaired) electrons. The van der Waals surface area contributed by atoms with E-state index in [1.165, 1.54) is 12.1 Å². The predicted molar refractivity (Wildman–Crippen MR) is 48.9 cm³/mol. The smallest absolute Gasteiger partial charge is 0.371 e. The topological polar surface area (TPSA) is 96.7 Å². The van der Waals surface area contributed by atoms with Crippen molar-refractivity contribution in [1.29, 1.82) is 0 Å². The second-order valence-electron chi connectivity index (χ2n) is 3.06. The summed E-state index contributed by atoms with van der Waals surface area (Å²) in [4.78, 5) is 10.5. The van der Waals surface area contributed by atoms with Crippen LogP contribution in [0.15, 0.2) is 16.5 Å². The number of carbonyl (C=O) groups is 1. The van der Waals surface area contributed by atoms with Crippen molar-refractivity contribution in [2.75, 3.05) is 6.54 Å². The maximum Gasteiger partial charge on any atom is 0.371 e. The summed E-state index contributed by atoms with van der Waals surface area (Å²) in [6.07, 6.45) is 0.371. The lowest BCUT2D eigenvalue weighted by atomic mass is 9.98. The lowest BCUT2D eigenvalue weighted by Gasteiger charge is -2.21. The first-order valence-corrected chi connectivity index (χ1v) is 4.29. The Morgan fingerprint density at radius 3 is 2.64 bits per heavy atom. The molecule has 1 heterocycles. The molecule has 5 nitrogen and oxygen atoms in total. The Bertz CT molecular complexity index is 327. The van der Waals surface area contributed by atoms with Gasteiger partial charge in [0, 0.05) is 6.54 Å². The summed E-state index contributed by atoms with van der Waals surface area (Å²) in [5.74, 6) is -1.16. The van der Waals surface area contributed by atoms with E-state index >= 15 is 0 Å². The van der Waals surface area contributed by atoms with Crippen LogP contribution < -0.4 is 5.73 Å². The van der Waals surface area contributed by atoms with Crippen LogP contribution >= 0.6 is 0 Å². The lowest BCUT2D eigenvalue weighted by molar-refractivity contribution is 0.0179. The number of nitrogens with two attached hydrogens (primary N) is 1. The molecule has 1 aromatic rings. The number of hydrogen-bond donors (Lipinski definition) is 3. The molecule has 0 aromatic carbocycles. The van der Waals surface area contributed by atoms with Crippen LogP contribution in [-0.4, -0.2) is 22.7 Å². The van der Waals surface area contributed by atoms with Gasteiger partial charge in [0.2, 0.25) is 5.76 Å². The molecule has 0 fully saturated rings. The molecule has 1 unspecified atom stereocenters. The molecule has 0 saturated carbocycles. The predicted octanol–water partition coefficient (Wildman–Crippen LogP) is 0.534. The van der Waals surface area contributed by atoms with Crippen LogP contribution in [0.5, 0.6) is 0 Å². The van der Waals surface area contributed by atoms with Gasteiger partial charge in [-0.05, 0) is 18.6 Å². The lowest BCUT2D eigenvalue weighted by Crippen LogP contribution is -2.33. The highest BCUT2D eigenvalue weighted by atomic mass is 16.4. The molecule has 0 saturated heterocycles. The number of rotatable bonds is 4. The van der Waals surface area contributed by atoms with Gasteiger partial charge in [0.1, 0.15) is 11.4 Å². The molecule has 0 aliphatic carbocycles. The van der Waals surface area contributed by atoms with Crippen LogP contribution in [0, 0.1) is 0 Å². The highest BCUT2D eigenvalue weighted by Gasteiger charge is 2.29. The van der Waals surface area contributed by atoms with Crippen LogP contribution in [0.3, 0.4) is 0 Å². The highest BCUT2D eigenvalue weighted by Crippen LogP contribution is 2.25. The van der Waals surface area contributed by atoms with Gasteiger partial charge in [-0.3, -0.25) is 0 Å². The van der Waals surface area contributed by atoms with Crippen LogP contribution in [-0.2, 0) is 5.60 Å². The Hall–Kier alpha value is -1.33. The fourth-order valence-electron chi connectivity index (χ4n) is 1.12. The molecule has 4 N–H and O–H groups in total. The number of aromatic carboxylic acids is 1. The fraction of sp³-hybridized carbons (Fsp3) is 0.444. The summed E-state index contributed by atoms with van der Waals surface area (Å²) in [5, 5.41) is 18.5. The van der Waals surface area contributed by atoms with Crippen molar-refractivity contribution in [3.8, 4) is 0 Å². The van der Waals surface area contributed by atoms with E-state index in [9.17, 15) is 9.90 Å². The van der Waals surface area contributed by atoms with Gasteiger partial charge in [-0.1, -0.05) is 6.92 Å². The standard InChI is InChI=1S/C9H13NO4/c1-2-9(13,5-10)7-4-3-6(14-7)8(11)12/h3-4,13H,2,5,10H2,1H3,(H,11,12). The van der Waals surface area contributed by atoms with Crippen molar-refractivity contribution in [2.45, 2.75) is 18.9 Å². The Morgan fingerprint density at radius 1 is 1.64 bits per heavy atom. The van der Waals surface area contributed by atoms with E-state index in [0.717, 1.165) is 0 Å². The van der Waals surface area contributed by atoms with Crippen molar-refractivity contribution in [1.82, 2.24) is 0 Å².